The van der Waals surface area contributed by atoms with Crippen LogP contribution < -0.4 is 5.32 Å². The van der Waals surface area contributed by atoms with Gasteiger partial charge in [0.1, 0.15) is 0 Å². The van der Waals surface area contributed by atoms with Gasteiger partial charge in [0.15, 0.2) is 0 Å². The maximum atomic E-state index is 11.1. The van der Waals surface area contributed by atoms with Crippen LogP contribution in [0.2, 0.25) is 0 Å². The summed E-state index contributed by atoms with van der Waals surface area (Å²) < 4.78 is 0. The third kappa shape index (κ3) is 0.681. The summed E-state index contributed by atoms with van der Waals surface area (Å²) in [7, 11) is 0. The molecule has 0 saturated carbocycles. The zero-order valence-electron chi connectivity index (χ0n) is 6.05. The highest BCUT2D eigenvalue weighted by molar-refractivity contribution is 5.84. The van der Waals surface area contributed by atoms with Crippen LogP contribution >= 0.6 is 0 Å². The Kier molecular flexibility index (Phi) is 0.967. The Balaban J connectivity index is 2.34. The predicted octanol–water partition coefficient (Wildman–Crippen LogP) is 0.841. The monoisotopic (exact) mass is 137 g/mol. The number of carbonyl (C=O) groups is 1. The lowest BCUT2D eigenvalue weighted by atomic mass is 9.87. The van der Waals surface area contributed by atoms with Gasteiger partial charge in [-0.1, -0.05) is 12.2 Å². The summed E-state index contributed by atoms with van der Waals surface area (Å²) in [6.45, 7) is 2.11. The molecule has 0 aromatic carbocycles. The van der Waals surface area contributed by atoms with Crippen molar-refractivity contribution in [2.75, 3.05) is 0 Å². The van der Waals surface area contributed by atoms with Gasteiger partial charge in [0.2, 0.25) is 5.91 Å². The molecule has 0 aromatic heterocycles. The van der Waals surface area contributed by atoms with Crippen molar-refractivity contribution in [3.05, 3.63) is 12.2 Å². The summed E-state index contributed by atoms with van der Waals surface area (Å²) in [6.07, 6.45) is 6.10. The molecule has 2 bridgehead atoms. The van der Waals surface area contributed by atoms with E-state index in [1.165, 1.54) is 0 Å². The maximum Gasteiger partial charge on any atom is 0.227 e. The van der Waals surface area contributed by atoms with Crippen LogP contribution in [-0.2, 0) is 4.79 Å². The first-order valence-electron chi connectivity index (χ1n) is 3.68. The van der Waals surface area contributed by atoms with Gasteiger partial charge in [0.25, 0.3) is 0 Å². The zero-order chi connectivity index (χ0) is 7.19. The first-order chi connectivity index (χ1) is 4.70. The van der Waals surface area contributed by atoms with Crippen LogP contribution in [0.3, 0.4) is 0 Å². The standard InChI is InChI=1S/C8H11NO/c1-8-4-2-3-6(5-8)7(10)9-8/h2-3,6H,4-5H2,1H3,(H,9,10). The van der Waals surface area contributed by atoms with E-state index in [-0.39, 0.29) is 17.4 Å². The average Bonchev–Trinajstić information content (AvgIpc) is 2.03. The first kappa shape index (κ1) is 5.96. The van der Waals surface area contributed by atoms with E-state index >= 15 is 0 Å². The number of hydrogen-bond acceptors (Lipinski definition) is 1. The van der Waals surface area contributed by atoms with Gasteiger partial charge in [-0.25, -0.2) is 0 Å². The Morgan fingerprint density at radius 2 is 2.60 bits per heavy atom. The molecule has 1 aliphatic carbocycles. The van der Waals surface area contributed by atoms with E-state index in [9.17, 15) is 4.79 Å². The second kappa shape index (κ2) is 1.62. The number of amides is 1. The molecule has 0 aromatic rings. The summed E-state index contributed by atoms with van der Waals surface area (Å²) >= 11 is 0. The molecule has 2 atom stereocenters. The van der Waals surface area contributed by atoms with E-state index in [1.807, 2.05) is 6.08 Å². The SMILES string of the molecule is CC12CC=CC(C1)C(=O)N2. The number of nitrogens with one attached hydrogen (secondary N) is 1. The van der Waals surface area contributed by atoms with Crippen molar-refractivity contribution in [3.8, 4) is 0 Å². The van der Waals surface area contributed by atoms with Gasteiger partial charge in [-0.3, -0.25) is 4.79 Å². The summed E-state index contributed by atoms with van der Waals surface area (Å²) in [6, 6.07) is 0. The smallest absolute Gasteiger partial charge is 0.227 e. The van der Waals surface area contributed by atoms with Crippen LogP contribution in [0.1, 0.15) is 19.8 Å². The zero-order valence-corrected chi connectivity index (χ0v) is 6.05. The highest BCUT2D eigenvalue weighted by Crippen LogP contribution is 2.32. The Morgan fingerprint density at radius 3 is 3.20 bits per heavy atom. The van der Waals surface area contributed by atoms with Gasteiger partial charge < -0.3 is 5.32 Å². The highest BCUT2D eigenvalue weighted by atomic mass is 16.2. The quantitative estimate of drug-likeness (QED) is 0.492. The molecular weight excluding hydrogens is 126 g/mol. The molecule has 2 unspecified atom stereocenters. The third-order valence-corrected chi connectivity index (χ3v) is 2.37. The van der Waals surface area contributed by atoms with Gasteiger partial charge in [-0.05, 0) is 19.8 Å². The molecule has 2 nitrogen and oxygen atoms in total. The van der Waals surface area contributed by atoms with Crippen LogP contribution in [0.4, 0.5) is 0 Å². The molecule has 0 radical (unpaired) electrons. The third-order valence-electron chi connectivity index (χ3n) is 2.37. The number of carbonyl (C=O) groups excluding carboxylic acids is 1. The number of rotatable bonds is 0. The molecule has 2 aliphatic rings. The van der Waals surface area contributed by atoms with Gasteiger partial charge in [-0.2, -0.15) is 0 Å². The van der Waals surface area contributed by atoms with Crippen molar-refractivity contribution in [1.29, 1.82) is 0 Å². The molecule has 2 heteroatoms. The molecule has 1 amide bonds. The van der Waals surface area contributed by atoms with Crippen LogP contribution in [0, 0.1) is 5.92 Å². The Morgan fingerprint density at radius 1 is 1.80 bits per heavy atom. The molecule has 1 heterocycles. The van der Waals surface area contributed by atoms with E-state index in [0.717, 1.165) is 12.8 Å². The fourth-order valence-electron chi connectivity index (χ4n) is 1.80. The van der Waals surface area contributed by atoms with Crippen molar-refractivity contribution in [3.63, 3.8) is 0 Å². The predicted molar refractivity (Wildman–Crippen MR) is 38.4 cm³/mol. The second-order valence-corrected chi connectivity index (χ2v) is 3.49. The first-order valence-corrected chi connectivity index (χ1v) is 3.68. The van der Waals surface area contributed by atoms with Gasteiger partial charge in [-0.15, -0.1) is 0 Å². The minimum Gasteiger partial charge on any atom is -0.350 e. The van der Waals surface area contributed by atoms with Crippen molar-refractivity contribution < 1.29 is 4.79 Å². The molecular formula is C8H11NO. The van der Waals surface area contributed by atoms with Crippen LogP contribution in [-0.4, -0.2) is 11.4 Å². The van der Waals surface area contributed by atoms with E-state index in [2.05, 4.69) is 18.3 Å². The fraction of sp³-hybridized carbons (Fsp3) is 0.625. The molecule has 0 spiro atoms. The summed E-state index contributed by atoms with van der Waals surface area (Å²) in [5.74, 6) is 0.370. The Hall–Kier alpha value is -0.790. The average molecular weight is 137 g/mol. The topological polar surface area (TPSA) is 29.1 Å². The highest BCUT2D eigenvalue weighted by Gasteiger charge is 2.40. The molecule has 54 valence electrons. The van der Waals surface area contributed by atoms with Gasteiger partial charge in [0, 0.05) is 5.54 Å². The summed E-state index contributed by atoms with van der Waals surface area (Å²) in [5.41, 5.74) is 0.0799. The van der Waals surface area contributed by atoms with Crippen LogP contribution in [0.15, 0.2) is 12.2 Å². The lowest BCUT2D eigenvalue weighted by Gasteiger charge is -2.23. The molecule has 1 N–H and O–H groups in total. The van der Waals surface area contributed by atoms with Crippen LogP contribution in [0.25, 0.3) is 0 Å². The van der Waals surface area contributed by atoms with Gasteiger partial charge >= 0.3 is 0 Å². The molecule has 1 aliphatic heterocycles. The van der Waals surface area contributed by atoms with Crippen molar-refractivity contribution in [1.82, 2.24) is 5.32 Å². The molecule has 10 heavy (non-hydrogen) atoms. The Labute approximate surface area is 60.3 Å². The molecule has 1 fully saturated rings. The van der Waals surface area contributed by atoms with Gasteiger partial charge in [0.05, 0.1) is 5.92 Å². The normalized spacial score (nSPS) is 43.7. The van der Waals surface area contributed by atoms with E-state index in [0.29, 0.717) is 0 Å². The number of hydrogen-bond donors (Lipinski definition) is 1. The minimum absolute atomic E-state index is 0.0799. The van der Waals surface area contributed by atoms with E-state index in [4.69, 9.17) is 0 Å². The largest absolute Gasteiger partial charge is 0.350 e. The fourth-order valence-corrected chi connectivity index (χ4v) is 1.80. The lowest BCUT2D eigenvalue weighted by Crippen LogP contribution is -2.37. The molecule has 1 saturated heterocycles. The van der Waals surface area contributed by atoms with Crippen LogP contribution in [0.5, 0.6) is 0 Å². The number of fused-ring (bicyclic) bond motifs is 2. The maximum absolute atomic E-state index is 11.1. The minimum atomic E-state index is 0.0799. The second-order valence-electron chi connectivity index (χ2n) is 3.49. The van der Waals surface area contributed by atoms with Crippen molar-refractivity contribution >= 4 is 5.91 Å². The molecule has 2 rings (SSSR count). The van der Waals surface area contributed by atoms with Crippen molar-refractivity contribution in [2.45, 2.75) is 25.3 Å². The summed E-state index contributed by atoms with van der Waals surface area (Å²) in [4.78, 5) is 11.1. The van der Waals surface area contributed by atoms with E-state index in [1.54, 1.807) is 0 Å². The lowest BCUT2D eigenvalue weighted by molar-refractivity contribution is -0.121. The summed E-state index contributed by atoms with van der Waals surface area (Å²) in [5, 5.41) is 2.99. The van der Waals surface area contributed by atoms with Crippen molar-refractivity contribution in [2.24, 2.45) is 5.92 Å². The van der Waals surface area contributed by atoms with E-state index < -0.39 is 0 Å². The Bertz CT molecular complexity index is 209.